The van der Waals surface area contributed by atoms with E-state index >= 15 is 0 Å². The minimum atomic E-state index is 0.647. The zero-order valence-electron chi connectivity index (χ0n) is 15.0. The molecule has 2 N–H and O–H groups in total. The van der Waals surface area contributed by atoms with Crippen LogP contribution in [0.3, 0.4) is 0 Å². The standard InChI is InChI=1S/C21H13N7O/c1-2-12(7-22-4-1)14-6-15-19(27-28-20(15)24-8-14)21-25-17-10-23-9-16(18(17)26-21)13-3-5-29-11-13/h1-11H,(H,25,26)(H,24,27,28). The van der Waals surface area contributed by atoms with Crippen LogP contribution in [0.1, 0.15) is 0 Å². The van der Waals surface area contributed by atoms with Crippen LogP contribution in [-0.4, -0.2) is 35.1 Å². The summed E-state index contributed by atoms with van der Waals surface area (Å²) in [5.41, 5.74) is 6.81. The number of nitrogens with one attached hydrogen (secondary N) is 2. The topological polar surface area (TPSA) is 109 Å². The van der Waals surface area contributed by atoms with Crippen molar-refractivity contribution in [2.24, 2.45) is 0 Å². The van der Waals surface area contributed by atoms with Crippen LogP contribution in [0.2, 0.25) is 0 Å². The molecule has 6 aromatic heterocycles. The average Bonchev–Trinajstić information content (AvgIpc) is 3.52. The molecule has 0 bridgehead atoms. The molecule has 29 heavy (non-hydrogen) atoms. The molecule has 8 nitrogen and oxygen atoms in total. The number of pyridine rings is 3. The molecule has 0 amide bonds. The first-order valence-electron chi connectivity index (χ1n) is 8.98. The average molecular weight is 379 g/mol. The summed E-state index contributed by atoms with van der Waals surface area (Å²) in [6.45, 7) is 0. The Labute approximate surface area is 163 Å². The van der Waals surface area contributed by atoms with E-state index in [2.05, 4.69) is 30.1 Å². The summed E-state index contributed by atoms with van der Waals surface area (Å²) < 4.78 is 5.21. The van der Waals surface area contributed by atoms with Crippen molar-refractivity contribution < 1.29 is 4.42 Å². The number of furan rings is 1. The highest BCUT2D eigenvalue weighted by atomic mass is 16.3. The van der Waals surface area contributed by atoms with Gasteiger partial charge < -0.3 is 9.40 Å². The normalized spacial score (nSPS) is 11.4. The molecular formula is C21H13N7O. The van der Waals surface area contributed by atoms with Gasteiger partial charge in [0.2, 0.25) is 0 Å². The number of imidazole rings is 1. The molecule has 0 atom stereocenters. The van der Waals surface area contributed by atoms with Crippen molar-refractivity contribution in [3.8, 4) is 33.8 Å². The predicted molar refractivity (Wildman–Crippen MR) is 108 cm³/mol. The number of rotatable bonds is 3. The van der Waals surface area contributed by atoms with Gasteiger partial charge in [-0.3, -0.25) is 15.1 Å². The number of hydrogen-bond acceptors (Lipinski definition) is 6. The van der Waals surface area contributed by atoms with Gasteiger partial charge in [-0.25, -0.2) is 9.97 Å². The number of H-pyrrole nitrogens is 2. The van der Waals surface area contributed by atoms with E-state index in [-0.39, 0.29) is 0 Å². The Balaban J connectivity index is 1.53. The first kappa shape index (κ1) is 15.7. The first-order valence-corrected chi connectivity index (χ1v) is 8.98. The maximum Gasteiger partial charge on any atom is 0.159 e. The summed E-state index contributed by atoms with van der Waals surface area (Å²) in [5, 5.41) is 8.31. The van der Waals surface area contributed by atoms with Crippen molar-refractivity contribution in [1.82, 2.24) is 35.1 Å². The zero-order chi connectivity index (χ0) is 19.2. The fraction of sp³-hybridized carbons (Fsp3) is 0. The summed E-state index contributed by atoms with van der Waals surface area (Å²) in [4.78, 5) is 21.1. The number of nitrogens with zero attached hydrogens (tertiary/aromatic N) is 5. The van der Waals surface area contributed by atoms with Crippen molar-refractivity contribution >= 4 is 22.1 Å². The van der Waals surface area contributed by atoms with E-state index in [0.29, 0.717) is 17.2 Å². The van der Waals surface area contributed by atoms with Gasteiger partial charge in [0.1, 0.15) is 11.2 Å². The highest BCUT2D eigenvalue weighted by Gasteiger charge is 2.17. The Morgan fingerprint density at radius 3 is 2.79 bits per heavy atom. The van der Waals surface area contributed by atoms with E-state index in [0.717, 1.165) is 38.7 Å². The van der Waals surface area contributed by atoms with Crippen LogP contribution in [0.25, 0.3) is 55.8 Å². The van der Waals surface area contributed by atoms with Gasteiger partial charge >= 0.3 is 0 Å². The molecule has 0 spiro atoms. The fourth-order valence-electron chi connectivity index (χ4n) is 3.45. The van der Waals surface area contributed by atoms with Gasteiger partial charge in [0.25, 0.3) is 0 Å². The largest absolute Gasteiger partial charge is 0.472 e. The molecule has 0 unspecified atom stereocenters. The molecule has 0 saturated heterocycles. The van der Waals surface area contributed by atoms with Crippen molar-refractivity contribution in [3.05, 3.63) is 67.8 Å². The number of fused-ring (bicyclic) bond motifs is 2. The molecular weight excluding hydrogens is 366 g/mol. The third-order valence-corrected chi connectivity index (χ3v) is 4.86. The van der Waals surface area contributed by atoms with E-state index in [9.17, 15) is 0 Å². The van der Waals surface area contributed by atoms with Gasteiger partial charge in [-0.15, -0.1) is 0 Å². The fourth-order valence-corrected chi connectivity index (χ4v) is 3.45. The number of aromatic nitrogens is 7. The molecule has 138 valence electrons. The van der Waals surface area contributed by atoms with E-state index in [4.69, 9.17) is 9.40 Å². The maximum atomic E-state index is 5.21. The van der Waals surface area contributed by atoms with Crippen LogP contribution in [0, 0.1) is 0 Å². The quantitative estimate of drug-likeness (QED) is 0.476. The molecule has 0 aliphatic rings. The van der Waals surface area contributed by atoms with Crippen LogP contribution in [-0.2, 0) is 0 Å². The van der Waals surface area contributed by atoms with E-state index < -0.39 is 0 Å². The Morgan fingerprint density at radius 2 is 1.93 bits per heavy atom. The first-order chi connectivity index (χ1) is 14.4. The molecule has 0 aliphatic carbocycles. The number of aromatic amines is 2. The molecule has 6 aromatic rings. The van der Waals surface area contributed by atoms with Crippen molar-refractivity contribution in [1.29, 1.82) is 0 Å². The minimum Gasteiger partial charge on any atom is -0.472 e. The van der Waals surface area contributed by atoms with Crippen LogP contribution in [0.15, 0.2) is 72.2 Å². The lowest BCUT2D eigenvalue weighted by molar-refractivity contribution is 0.568. The Kier molecular flexibility index (Phi) is 3.30. The lowest BCUT2D eigenvalue weighted by Gasteiger charge is -2.00. The monoisotopic (exact) mass is 379 g/mol. The van der Waals surface area contributed by atoms with Crippen LogP contribution in [0.4, 0.5) is 0 Å². The second-order valence-electron chi connectivity index (χ2n) is 6.61. The van der Waals surface area contributed by atoms with Crippen LogP contribution in [0.5, 0.6) is 0 Å². The van der Waals surface area contributed by atoms with Crippen molar-refractivity contribution in [2.75, 3.05) is 0 Å². The molecule has 6 heterocycles. The molecule has 8 heteroatoms. The van der Waals surface area contributed by atoms with Crippen LogP contribution >= 0.6 is 0 Å². The predicted octanol–water partition coefficient (Wildman–Crippen LogP) is 4.22. The van der Waals surface area contributed by atoms with Gasteiger partial charge in [-0.2, -0.15) is 5.10 Å². The second kappa shape index (κ2) is 6.10. The summed E-state index contributed by atoms with van der Waals surface area (Å²) >= 11 is 0. The Morgan fingerprint density at radius 1 is 0.931 bits per heavy atom. The van der Waals surface area contributed by atoms with E-state index in [1.165, 1.54) is 0 Å². The summed E-state index contributed by atoms with van der Waals surface area (Å²) in [6.07, 6.45) is 12.2. The van der Waals surface area contributed by atoms with Gasteiger partial charge in [-0.05, 0) is 18.2 Å². The zero-order valence-corrected chi connectivity index (χ0v) is 15.0. The second-order valence-corrected chi connectivity index (χ2v) is 6.61. The molecule has 6 rings (SSSR count). The third kappa shape index (κ3) is 2.50. The van der Waals surface area contributed by atoms with E-state index in [1.54, 1.807) is 37.3 Å². The SMILES string of the molecule is c1cncc(-c2cnc3[nH]nc(-c4nc5c(-c6ccoc6)cncc5[nH]4)c3c2)c1. The molecule has 0 fully saturated rings. The Bertz CT molecular complexity index is 1450. The van der Waals surface area contributed by atoms with E-state index in [1.807, 2.05) is 30.5 Å². The molecule has 0 saturated carbocycles. The molecule has 0 radical (unpaired) electrons. The lowest BCUT2D eigenvalue weighted by atomic mass is 10.1. The molecule has 0 aromatic carbocycles. The smallest absolute Gasteiger partial charge is 0.159 e. The van der Waals surface area contributed by atoms with Crippen LogP contribution < -0.4 is 0 Å². The highest BCUT2D eigenvalue weighted by Crippen LogP contribution is 2.31. The lowest BCUT2D eigenvalue weighted by Crippen LogP contribution is -1.84. The summed E-state index contributed by atoms with van der Waals surface area (Å²) in [7, 11) is 0. The van der Waals surface area contributed by atoms with Gasteiger partial charge in [0.15, 0.2) is 11.5 Å². The van der Waals surface area contributed by atoms with Crippen molar-refractivity contribution in [3.63, 3.8) is 0 Å². The van der Waals surface area contributed by atoms with Crippen molar-refractivity contribution in [2.45, 2.75) is 0 Å². The summed E-state index contributed by atoms with van der Waals surface area (Å²) in [5.74, 6) is 0.647. The molecule has 0 aliphatic heterocycles. The highest BCUT2D eigenvalue weighted by molar-refractivity contribution is 5.96. The van der Waals surface area contributed by atoms with Gasteiger partial charge in [0.05, 0.1) is 29.6 Å². The van der Waals surface area contributed by atoms with Gasteiger partial charge in [0, 0.05) is 47.0 Å². The number of hydrogen-bond donors (Lipinski definition) is 2. The Hall–Kier alpha value is -4.33. The minimum absolute atomic E-state index is 0.647. The van der Waals surface area contributed by atoms with Gasteiger partial charge in [-0.1, -0.05) is 6.07 Å². The maximum absolute atomic E-state index is 5.21. The summed E-state index contributed by atoms with van der Waals surface area (Å²) in [6, 6.07) is 7.83. The third-order valence-electron chi connectivity index (χ3n) is 4.86.